The van der Waals surface area contributed by atoms with E-state index in [4.69, 9.17) is 0 Å². The predicted molar refractivity (Wildman–Crippen MR) is 134 cm³/mol. The van der Waals surface area contributed by atoms with Crippen molar-refractivity contribution < 1.29 is 5.11 Å². The minimum atomic E-state index is 0.428. The van der Waals surface area contributed by atoms with Crippen LogP contribution in [0.1, 0.15) is 28.7 Å². The van der Waals surface area contributed by atoms with E-state index in [1.54, 1.807) is 0 Å². The zero-order chi connectivity index (χ0) is 21.5. The van der Waals surface area contributed by atoms with Crippen molar-refractivity contribution in [2.75, 3.05) is 7.05 Å². The molecule has 0 fully saturated rings. The highest BCUT2D eigenvalue weighted by molar-refractivity contribution is 7.55. The molecule has 3 aromatic rings. The molecule has 31 heavy (non-hydrogen) atoms. The third-order valence-electron chi connectivity index (χ3n) is 5.71. The second kappa shape index (κ2) is 10.6. The van der Waals surface area contributed by atoms with Gasteiger partial charge in [-0.15, -0.1) is 0 Å². The van der Waals surface area contributed by atoms with Crippen LogP contribution in [0.2, 0.25) is 0 Å². The number of aromatic hydroxyl groups is 1. The average Bonchev–Trinajstić information content (AvgIpc) is 2.80. The van der Waals surface area contributed by atoms with Gasteiger partial charge in [-0.05, 0) is 59.4 Å². The van der Waals surface area contributed by atoms with E-state index in [9.17, 15) is 5.11 Å². The zero-order valence-electron chi connectivity index (χ0n) is 18.0. The van der Waals surface area contributed by atoms with Crippen molar-refractivity contribution in [1.82, 2.24) is 5.32 Å². The minimum absolute atomic E-state index is 0.428. The number of phenols is 1. The SMILES string of the molecule is CNCc1ccccc1Pc1cc(CC2C=CC=CC2)cc(Cc2ccccc2)c1O. The van der Waals surface area contributed by atoms with Crippen molar-refractivity contribution in [3.63, 3.8) is 0 Å². The second-order valence-electron chi connectivity index (χ2n) is 8.14. The molecule has 0 radical (unpaired) electrons. The zero-order valence-corrected chi connectivity index (χ0v) is 19.0. The molecular formula is C28H30NOP. The molecule has 0 aliphatic heterocycles. The first-order chi connectivity index (χ1) is 15.2. The van der Waals surface area contributed by atoms with E-state index in [1.807, 2.05) is 13.1 Å². The second-order valence-corrected chi connectivity index (χ2v) is 9.47. The maximum Gasteiger partial charge on any atom is 0.126 e. The highest BCUT2D eigenvalue weighted by Gasteiger charge is 2.15. The Morgan fingerprint density at radius 3 is 2.48 bits per heavy atom. The van der Waals surface area contributed by atoms with Crippen LogP contribution < -0.4 is 15.9 Å². The van der Waals surface area contributed by atoms with E-state index in [0.29, 0.717) is 20.2 Å². The van der Waals surface area contributed by atoms with Crippen LogP contribution in [-0.4, -0.2) is 12.2 Å². The standard InChI is InChI=1S/C28H30NOP/c1-29-20-24-14-8-9-15-26(24)31-27-19-23(16-21-10-4-2-5-11-21)18-25(28(27)30)17-22-12-6-3-7-13-22/h2-10,12-15,18-19,21,29-31H,11,16-17,20H2,1H3. The molecule has 2 nitrogen and oxygen atoms in total. The Bertz CT molecular complexity index is 1070. The summed E-state index contributed by atoms with van der Waals surface area (Å²) in [7, 11) is 2.40. The van der Waals surface area contributed by atoms with Gasteiger partial charge in [-0.2, -0.15) is 0 Å². The van der Waals surface area contributed by atoms with Crippen LogP contribution in [0.25, 0.3) is 0 Å². The molecule has 2 atom stereocenters. The topological polar surface area (TPSA) is 32.3 Å². The monoisotopic (exact) mass is 427 g/mol. The fourth-order valence-electron chi connectivity index (χ4n) is 4.14. The van der Waals surface area contributed by atoms with Gasteiger partial charge in [0.05, 0.1) is 0 Å². The van der Waals surface area contributed by atoms with Gasteiger partial charge in [-0.25, -0.2) is 0 Å². The molecule has 1 aliphatic carbocycles. The average molecular weight is 428 g/mol. The maximum atomic E-state index is 11.2. The highest BCUT2D eigenvalue weighted by atomic mass is 31.1. The minimum Gasteiger partial charge on any atom is -0.507 e. The Hall–Kier alpha value is -2.67. The first kappa shape index (κ1) is 21.6. The number of phenolic OH excluding ortho intramolecular Hbond substituents is 1. The molecule has 1 aliphatic rings. The number of benzene rings is 3. The largest absolute Gasteiger partial charge is 0.507 e. The lowest BCUT2D eigenvalue weighted by molar-refractivity contribution is 0.473. The number of hydrogen-bond acceptors (Lipinski definition) is 2. The number of rotatable bonds is 8. The van der Waals surface area contributed by atoms with E-state index in [1.165, 1.54) is 22.0 Å². The fourth-order valence-corrected chi connectivity index (χ4v) is 5.48. The van der Waals surface area contributed by atoms with Crippen LogP contribution in [0.5, 0.6) is 5.75 Å². The van der Waals surface area contributed by atoms with Crippen LogP contribution in [0.15, 0.2) is 91.0 Å². The Morgan fingerprint density at radius 1 is 0.903 bits per heavy atom. The van der Waals surface area contributed by atoms with E-state index in [2.05, 4.69) is 90.3 Å². The summed E-state index contributed by atoms with van der Waals surface area (Å²) in [6.07, 6.45) is 11.6. The van der Waals surface area contributed by atoms with Gasteiger partial charge in [0, 0.05) is 18.3 Å². The van der Waals surface area contributed by atoms with Crippen molar-refractivity contribution in [3.05, 3.63) is 113 Å². The summed E-state index contributed by atoms with van der Waals surface area (Å²) in [4.78, 5) is 0. The van der Waals surface area contributed by atoms with Crippen LogP contribution in [-0.2, 0) is 19.4 Å². The summed E-state index contributed by atoms with van der Waals surface area (Å²) >= 11 is 0. The summed E-state index contributed by atoms with van der Waals surface area (Å²) in [6, 6.07) is 23.4. The van der Waals surface area contributed by atoms with Crippen molar-refractivity contribution in [2.45, 2.75) is 25.8 Å². The Balaban J connectivity index is 1.68. The van der Waals surface area contributed by atoms with Gasteiger partial charge in [0.1, 0.15) is 5.75 Å². The quantitative estimate of drug-likeness (QED) is 0.496. The summed E-state index contributed by atoms with van der Waals surface area (Å²) in [5, 5.41) is 16.8. The van der Waals surface area contributed by atoms with Crippen molar-refractivity contribution in [1.29, 1.82) is 0 Å². The van der Waals surface area contributed by atoms with E-state index in [-0.39, 0.29) is 0 Å². The highest BCUT2D eigenvalue weighted by Crippen LogP contribution is 2.29. The molecular weight excluding hydrogens is 397 g/mol. The number of nitrogens with one attached hydrogen (secondary N) is 1. The summed E-state index contributed by atoms with van der Waals surface area (Å²) < 4.78 is 0. The molecule has 3 aromatic carbocycles. The molecule has 0 spiro atoms. The van der Waals surface area contributed by atoms with Crippen molar-refractivity contribution in [2.24, 2.45) is 5.92 Å². The molecule has 158 valence electrons. The molecule has 0 amide bonds. The predicted octanol–water partition coefficient (Wildman–Crippen LogP) is 5.01. The van der Waals surface area contributed by atoms with E-state index >= 15 is 0 Å². The van der Waals surface area contributed by atoms with Crippen LogP contribution in [0.3, 0.4) is 0 Å². The molecule has 0 aromatic heterocycles. The van der Waals surface area contributed by atoms with Gasteiger partial charge in [0.15, 0.2) is 0 Å². The van der Waals surface area contributed by atoms with Gasteiger partial charge >= 0.3 is 0 Å². The molecule has 0 saturated heterocycles. The third kappa shape index (κ3) is 5.73. The molecule has 0 bridgehead atoms. The molecule has 2 unspecified atom stereocenters. The van der Waals surface area contributed by atoms with Gasteiger partial charge in [0.2, 0.25) is 0 Å². The van der Waals surface area contributed by atoms with Crippen LogP contribution in [0, 0.1) is 5.92 Å². The van der Waals surface area contributed by atoms with Crippen LogP contribution >= 0.6 is 8.58 Å². The van der Waals surface area contributed by atoms with E-state index < -0.39 is 0 Å². The molecule has 4 rings (SSSR count). The Morgan fingerprint density at radius 2 is 1.71 bits per heavy atom. The number of allylic oxidation sites excluding steroid dienone is 4. The lowest BCUT2D eigenvalue weighted by Crippen LogP contribution is -2.16. The van der Waals surface area contributed by atoms with E-state index in [0.717, 1.165) is 36.7 Å². The van der Waals surface area contributed by atoms with Crippen molar-refractivity contribution >= 4 is 19.2 Å². The molecule has 3 heteroatoms. The first-order valence-electron chi connectivity index (χ1n) is 10.9. The Labute approximate surface area is 187 Å². The third-order valence-corrected chi connectivity index (χ3v) is 7.11. The first-order valence-corrected chi connectivity index (χ1v) is 11.9. The normalized spacial score (nSPS) is 15.7. The molecule has 0 heterocycles. The maximum absolute atomic E-state index is 11.2. The fraction of sp³-hybridized carbons (Fsp3) is 0.214. The lowest BCUT2D eigenvalue weighted by Gasteiger charge is -2.18. The van der Waals surface area contributed by atoms with Gasteiger partial charge < -0.3 is 10.4 Å². The van der Waals surface area contributed by atoms with Crippen LogP contribution in [0.4, 0.5) is 0 Å². The lowest BCUT2D eigenvalue weighted by atomic mass is 9.91. The Kier molecular flexibility index (Phi) is 7.35. The molecule has 0 saturated carbocycles. The van der Waals surface area contributed by atoms with Gasteiger partial charge in [0.25, 0.3) is 0 Å². The molecule has 2 N–H and O–H groups in total. The van der Waals surface area contributed by atoms with Gasteiger partial charge in [-0.1, -0.05) is 93.5 Å². The number of hydrogen-bond donors (Lipinski definition) is 2. The summed E-state index contributed by atoms with van der Waals surface area (Å²) in [5.41, 5.74) is 4.84. The van der Waals surface area contributed by atoms with Crippen molar-refractivity contribution in [3.8, 4) is 5.75 Å². The summed E-state index contributed by atoms with van der Waals surface area (Å²) in [5.74, 6) is 0.969. The summed E-state index contributed by atoms with van der Waals surface area (Å²) in [6.45, 7) is 0.833. The van der Waals surface area contributed by atoms with Gasteiger partial charge in [-0.3, -0.25) is 0 Å². The smallest absolute Gasteiger partial charge is 0.126 e.